The maximum absolute atomic E-state index is 6.34. The second kappa shape index (κ2) is 5.92. The summed E-state index contributed by atoms with van der Waals surface area (Å²) in [5, 5.41) is 5.99. The molecule has 0 spiro atoms. The van der Waals surface area contributed by atoms with Crippen LogP contribution in [-0.4, -0.2) is 9.78 Å². The van der Waals surface area contributed by atoms with Crippen molar-refractivity contribution in [2.45, 2.75) is 25.6 Å². The molecule has 0 saturated carbocycles. The van der Waals surface area contributed by atoms with Crippen LogP contribution < -0.4 is 0 Å². The molecule has 6 heteroatoms. The summed E-state index contributed by atoms with van der Waals surface area (Å²) in [6, 6.07) is 5.26. The molecule has 0 aliphatic heterocycles. The molecule has 0 N–H and O–H groups in total. The van der Waals surface area contributed by atoms with Crippen LogP contribution in [0.2, 0.25) is 15.2 Å². The number of benzene rings is 1. The number of rotatable bonds is 3. The predicted molar refractivity (Wildman–Crippen MR) is 82.2 cm³/mol. The smallest absolute Gasteiger partial charge is 0.137 e. The highest BCUT2D eigenvalue weighted by Crippen LogP contribution is 2.31. The van der Waals surface area contributed by atoms with Gasteiger partial charge in [-0.15, -0.1) is 11.6 Å². The van der Waals surface area contributed by atoms with Gasteiger partial charge in [0.2, 0.25) is 0 Å². The molecule has 2 nitrogen and oxygen atoms in total. The number of aromatic nitrogens is 2. The molecule has 0 unspecified atom stereocenters. The molecule has 1 aromatic carbocycles. The molecule has 0 bridgehead atoms. The van der Waals surface area contributed by atoms with Crippen molar-refractivity contribution in [3.05, 3.63) is 44.7 Å². The van der Waals surface area contributed by atoms with E-state index in [0.717, 1.165) is 16.9 Å². The topological polar surface area (TPSA) is 17.8 Å². The van der Waals surface area contributed by atoms with E-state index < -0.39 is 0 Å². The Kier molecular flexibility index (Phi) is 4.67. The van der Waals surface area contributed by atoms with Crippen LogP contribution in [0.3, 0.4) is 0 Å². The van der Waals surface area contributed by atoms with E-state index in [0.29, 0.717) is 21.1 Å². The van der Waals surface area contributed by atoms with Gasteiger partial charge in [-0.25, -0.2) is 4.68 Å². The van der Waals surface area contributed by atoms with Gasteiger partial charge < -0.3 is 0 Å². The Morgan fingerprint density at radius 2 is 1.84 bits per heavy atom. The van der Waals surface area contributed by atoms with Gasteiger partial charge in [0.05, 0.1) is 27.3 Å². The molecule has 102 valence electrons. The standard InChI is InChI=1S/C13H12Cl4N2/c1-7(2)12-9(6-14)13(17)19(18-12)8-3-4-10(15)11(16)5-8/h3-5,7H,6H2,1-2H3. The van der Waals surface area contributed by atoms with Gasteiger partial charge in [-0.05, 0) is 24.1 Å². The maximum Gasteiger partial charge on any atom is 0.137 e. The predicted octanol–water partition coefficient (Wildman–Crippen LogP) is 5.69. The van der Waals surface area contributed by atoms with Crippen molar-refractivity contribution >= 4 is 46.4 Å². The fourth-order valence-corrected chi connectivity index (χ4v) is 2.74. The average Bonchev–Trinajstić information content (AvgIpc) is 2.70. The summed E-state index contributed by atoms with van der Waals surface area (Å²) >= 11 is 24.2. The normalized spacial score (nSPS) is 11.3. The molecule has 1 aromatic heterocycles. The van der Waals surface area contributed by atoms with E-state index in [1.165, 1.54) is 0 Å². The Morgan fingerprint density at radius 3 is 2.32 bits per heavy atom. The average molecular weight is 338 g/mol. The minimum atomic E-state index is 0.246. The Balaban J connectivity index is 2.59. The number of halogens is 4. The SMILES string of the molecule is CC(C)c1nn(-c2ccc(Cl)c(Cl)c2)c(Cl)c1CCl. The van der Waals surface area contributed by atoms with Crippen molar-refractivity contribution in [3.8, 4) is 5.69 Å². The number of alkyl halides is 1. The summed E-state index contributed by atoms with van der Waals surface area (Å²) in [6.07, 6.45) is 0. The van der Waals surface area contributed by atoms with Crippen LogP contribution in [-0.2, 0) is 5.88 Å². The second-order valence-electron chi connectivity index (χ2n) is 4.45. The Morgan fingerprint density at radius 1 is 1.16 bits per heavy atom. The number of nitrogens with zero attached hydrogens (tertiary/aromatic N) is 2. The number of hydrogen-bond donors (Lipinski definition) is 0. The monoisotopic (exact) mass is 336 g/mol. The molecule has 0 fully saturated rings. The fourth-order valence-electron chi connectivity index (χ4n) is 1.82. The van der Waals surface area contributed by atoms with E-state index in [4.69, 9.17) is 46.4 Å². The molecular weight excluding hydrogens is 326 g/mol. The summed E-state index contributed by atoms with van der Waals surface area (Å²) in [5.41, 5.74) is 2.51. The minimum Gasteiger partial charge on any atom is -0.222 e. The van der Waals surface area contributed by atoms with Gasteiger partial charge in [0.1, 0.15) is 5.15 Å². The van der Waals surface area contributed by atoms with Crippen molar-refractivity contribution in [2.24, 2.45) is 0 Å². The van der Waals surface area contributed by atoms with E-state index in [9.17, 15) is 0 Å². The highest BCUT2D eigenvalue weighted by Gasteiger charge is 2.19. The van der Waals surface area contributed by atoms with Crippen LogP contribution in [0.5, 0.6) is 0 Å². The first-order valence-electron chi connectivity index (χ1n) is 5.74. The third-order valence-electron chi connectivity index (χ3n) is 2.78. The van der Waals surface area contributed by atoms with E-state index in [-0.39, 0.29) is 5.92 Å². The Hall–Kier alpha value is -0.410. The molecule has 0 atom stereocenters. The molecule has 2 aromatic rings. The van der Waals surface area contributed by atoms with Crippen LogP contribution in [0.4, 0.5) is 0 Å². The van der Waals surface area contributed by atoms with Crippen molar-refractivity contribution in [1.29, 1.82) is 0 Å². The lowest BCUT2D eigenvalue weighted by Gasteiger charge is -2.05. The van der Waals surface area contributed by atoms with Gasteiger partial charge in [0, 0.05) is 5.56 Å². The highest BCUT2D eigenvalue weighted by molar-refractivity contribution is 6.42. The maximum atomic E-state index is 6.34. The molecule has 0 aliphatic rings. The van der Waals surface area contributed by atoms with Gasteiger partial charge in [-0.1, -0.05) is 48.7 Å². The summed E-state index contributed by atoms with van der Waals surface area (Å²) in [5.74, 6) is 0.573. The zero-order chi connectivity index (χ0) is 14.2. The second-order valence-corrected chi connectivity index (χ2v) is 5.89. The molecule has 0 radical (unpaired) electrons. The van der Waals surface area contributed by atoms with Crippen LogP contribution in [0.15, 0.2) is 18.2 Å². The van der Waals surface area contributed by atoms with E-state index in [1.807, 2.05) is 19.9 Å². The lowest BCUT2D eigenvalue weighted by Crippen LogP contribution is -1.98. The largest absolute Gasteiger partial charge is 0.222 e. The van der Waals surface area contributed by atoms with Crippen LogP contribution >= 0.6 is 46.4 Å². The number of hydrogen-bond acceptors (Lipinski definition) is 1. The lowest BCUT2D eigenvalue weighted by molar-refractivity contribution is 0.765. The lowest BCUT2D eigenvalue weighted by atomic mass is 10.1. The molecule has 1 heterocycles. The van der Waals surface area contributed by atoms with Crippen LogP contribution in [0.25, 0.3) is 5.69 Å². The first-order chi connectivity index (χ1) is 8.95. The van der Waals surface area contributed by atoms with E-state index in [1.54, 1.807) is 16.8 Å². The zero-order valence-corrected chi connectivity index (χ0v) is 13.4. The van der Waals surface area contributed by atoms with Gasteiger partial charge in [0.15, 0.2) is 0 Å². The third kappa shape index (κ3) is 2.87. The highest BCUT2D eigenvalue weighted by atomic mass is 35.5. The van der Waals surface area contributed by atoms with E-state index in [2.05, 4.69) is 5.10 Å². The Labute approximate surface area is 132 Å². The van der Waals surface area contributed by atoms with Gasteiger partial charge in [0.25, 0.3) is 0 Å². The molecule has 19 heavy (non-hydrogen) atoms. The molecular formula is C13H12Cl4N2. The van der Waals surface area contributed by atoms with Crippen LogP contribution in [0.1, 0.15) is 31.0 Å². The molecule has 0 aliphatic carbocycles. The van der Waals surface area contributed by atoms with Crippen molar-refractivity contribution in [2.75, 3.05) is 0 Å². The summed E-state index contributed by atoms with van der Waals surface area (Å²) in [7, 11) is 0. The van der Waals surface area contributed by atoms with Crippen molar-refractivity contribution < 1.29 is 0 Å². The van der Waals surface area contributed by atoms with Crippen LogP contribution in [0, 0.1) is 0 Å². The Bertz CT molecular complexity index is 605. The molecule has 2 rings (SSSR count). The van der Waals surface area contributed by atoms with Crippen molar-refractivity contribution in [1.82, 2.24) is 9.78 Å². The summed E-state index contributed by atoms with van der Waals surface area (Å²) < 4.78 is 1.64. The van der Waals surface area contributed by atoms with Gasteiger partial charge in [-0.3, -0.25) is 0 Å². The molecule has 0 saturated heterocycles. The third-order valence-corrected chi connectivity index (χ3v) is 4.17. The minimum absolute atomic E-state index is 0.246. The summed E-state index contributed by atoms with van der Waals surface area (Å²) in [4.78, 5) is 0. The molecule has 0 amide bonds. The summed E-state index contributed by atoms with van der Waals surface area (Å²) in [6.45, 7) is 4.10. The first-order valence-corrected chi connectivity index (χ1v) is 7.41. The van der Waals surface area contributed by atoms with Crippen molar-refractivity contribution in [3.63, 3.8) is 0 Å². The fraction of sp³-hybridized carbons (Fsp3) is 0.308. The quantitative estimate of drug-likeness (QED) is 0.657. The zero-order valence-electron chi connectivity index (χ0n) is 10.4. The van der Waals surface area contributed by atoms with E-state index >= 15 is 0 Å². The van der Waals surface area contributed by atoms with Gasteiger partial charge >= 0.3 is 0 Å². The first kappa shape index (κ1) is 15.0. The van der Waals surface area contributed by atoms with Gasteiger partial charge in [-0.2, -0.15) is 5.10 Å².